The number of hydrogen-bond acceptors (Lipinski definition) is 4. The van der Waals surface area contributed by atoms with E-state index in [-0.39, 0.29) is 11.0 Å². The Morgan fingerprint density at radius 1 is 1.14 bits per heavy atom. The molecule has 0 radical (unpaired) electrons. The first-order valence-electron chi connectivity index (χ1n) is 6.79. The van der Waals surface area contributed by atoms with Gasteiger partial charge in [-0.25, -0.2) is 0 Å². The number of benzene rings is 1. The summed E-state index contributed by atoms with van der Waals surface area (Å²) in [6.07, 6.45) is 0. The molecular formula is C15H20N2O3S. The summed E-state index contributed by atoms with van der Waals surface area (Å²) in [4.78, 5) is 0. The molecule has 0 atom stereocenters. The normalized spacial score (nSPS) is 11.8. The second-order valence-corrected chi connectivity index (χ2v) is 6.71. The average molecular weight is 308 g/mol. The van der Waals surface area contributed by atoms with E-state index in [4.69, 9.17) is 4.42 Å². The van der Waals surface area contributed by atoms with Gasteiger partial charge >= 0.3 is 0 Å². The van der Waals surface area contributed by atoms with E-state index in [0.717, 1.165) is 5.56 Å². The summed E-state index contributed by atoms with van der Waals surface area (Å²) in [5, 5.41) is 2.84. The fraction of sp³-hybridized carbons (Fsp3) is 0.333. The van der Waals surface area contributed by atoms with Crippen LogP contribution in [0.2, 0.25) is 0 Å². The number of rotatable bonds is 6. The zero-order valence-corrected chi connectivity index (χ0v) is 13.2. The van der Waals surface area contributed by atoms with E-state index >= 15 is 0 Å². The smallest absolute Gasteiger partial charge is 0.295 e. The van der Waals surface area contributed by atoms with Crippen molar-refractivity contribution in [2.24, 2.45) is 0 Å². The van der Waals surface area contributed by atoms with Crippen molar-refractivity contribution >= 4 is 15.7 Å². The van der Waals surface area contributed by atoms with Gasteiger partial charge in [-0.2, -0.15) is 8.42 Å². The first kappa shape index (κ1) is 15.6. The van der Waals surface area contributed by atoms with Gasteiger partial charge < -0.3 is 9.73 Å². The Morgan fingerprint density at radius 2 is 1.86 bits per heavy atom. The lowest BCUT2D eigenvalue weighted by Crippen LogP contribution is -2.14. The van der Waals surface area contributed by atoms with Gasteiger partial charge in [0, 0.05) is 0 Å². The van der Waals surface area contributed by atoms with Gasteiger partial charge in [0.05, 0.1) is 12.2 Å². The van der Waals surface area contributed by atoms with E-state index in [2.05, 4.69) is 10.0 Å². The SMILES string of the molecule is CNCc1ccc(S(=O)(=O)Nc2ccccc2C(C)C)o1. The second-order valence-electron chi connectivity index (χ2n) is 5.10. The zero-order valence-electron chi connectivity index (χ0n) is 12.4. The molecule has 1 aromatic carbocycles. The highest BCUT2D eigenvalue weighted by Gasteiger charge is 2.20. The van der Waals surface area contributed by atoms with E-state index in [9.17, 15) is 8.42 Å². The molecule has 0 fully saturated rings. The van der Waals surface area contributed by atoms with Gasteiger partial charge in [0.2, 0.25) is 5.09 Å². The van der Waals surface area contributed by atoms with Crippen LogP contribution in [0, 0.1) is 0 Å². The standard InChI is InChI=1S/C15H20N2O3S/c1-11(2)13-6-4-5-7-14(13)17-21(18,19)15-9-8-12(20-15)10-16-3/h4-9,11,16-17H,10H2,1-3H3. The molecule has 0 unspecified atom stereocenters. The van der Waals surface area contributed by atoms with Gasteiger partial charge in [0.25, 0.3) is 10.0 Å². The van der Waals surface area contributed by atoms with Crippen LogP contribution in [0.5, 0.6) is 0 Å². The van der Waals surface area contributed by atoms with Crippen molar-refractivity contribution in [3.8, 4) is 0 Å². The minimum Gasteiger partial charge on any atom is -0.446 e. The van der Waals surface area contributed by atoms with E-state index < -0.39 is 10.0 Å². The van der Waals surface area contributed by atoms with Crippen molar-refractivity contribution in [3.05, 3.63) is 47.7 Å². The van der Waals surface area contributed by atoms with Crippen molar-refractivity contribution in [1.82, 2.24) is 5.32 Å². The summed E-state index contributed by atoms with van der Waals surface area (Å²) in [5.41, 5.74) is 1.53. The van der Waals surface area contributed by atoms with Gasteiger partial charge in [-0.15, -0.1) is 0 Å². The molecule has 1 aromatic heterocycles. The fourth-order valence-electron chi connectivity index (χ4n) is 2.06. The van der Waals surface area contributed by atoms with Gasteiger partial charge in [0.1, 0.15) is 5.76 Å². The Morgan fingerprint density at radius 3 is 2.52 bits per heavy atom. The molecule has 114 valence electrons. The van der Waals surface area contributed by atoms with E-state index in [1.54, 1.807) is 25.2 Å². The molecule has 0 aliphatic heterocycles. The molecule has 5 nitrogen and oxygen atoms in total. The third kappa shape index (κ3) is 3.65. The molecule has 21 heavy (non-hydrogen) atoms. The molecule has 0 saturated carbocycles. The van der Waals surface area contributed by atoms with Crippen molar-refractivity contribution < 1.29 is 12.8 Å². The summed E-state index contributed by atoms with van der Waals surface area (Å²) in [6, 6.07) is 10.5. The van der Waals surface area contributed by atoms with Crippen LogP contribution in [-0.4, -0.2) is 15.5 Å². The van der Waals surface area contributed by atoms with Crippen molar-refractivity contribution in [3.63, 3.8) is 0 Å². The Kier molecular flexibility index (Phi) is 4.69. The molecule has 0 bridgehead atoms. The summed E-state index contributed by atoms with van der Waals surface area (Å²) in [6.45, 7) is 4.52. The van der Waals surface area contributed by atoms with Gasteiger partial charge in [-0.05, 0) is 36.7 Å². The molecule has 0 spiro atoms. The molecule has 2 aromatic rings. The largest absolute Gasteiger partial charge is 0.446 e. The number of nitrogens with one attached hydrogen (secondary N) is 2. The molecule has 0 saturated heterocycles. The van der Waals surface area contributed by atoms with Crippen LogP contribution in [0.4, 0.5) is 5.69 Å². The summed E-state index contributed by atoms with van der Waals surface area (Å²) in [5.74, 6) is 0.801. The molecule has 0 aliphatic carbocycles. The van der Waals surface area contributed by atoms with Crippen LogP contribution < -0.4 is 10.0 Å². The molecule has 0 amide bonds. The Balaban J connectivity index is 2.29. The maximum absolute atomic E-state index is 12.4. The van der Waals surface area contributed by atoms with Crippen molar-refractivity contribution in [2.75, 3.05) is 11.8 Å². The van der Waals surface area contributed by atoms with Crippen LogP contribution >= 0.6 is 0 Å². The lowest BCUT2D eigenvalue weighted by atomic mass is 10.0. The maximum atomic E-state index is 12.4. The number of sulfonamides is 1. The van der Waals surface area contributed by atoms with Crippen molar-refractivity contribution in [1.29, 1.82) is 0 Å². The lowest BCUT2D eigenvalue weighted by Gasteiger charge is -2.13. The molecule has 2 N–H and O–H groups in total. The third-order valence-corrected chi connectivity index (χ3v) is 4.32. The quantitative estimate of drug-likeness (QED) is 0.860. The maximum Gasteiger partial charge on any atom is 0.295 e. The van der Waals surface area contributed by atoms with Crippen LogP contribution in [0.3, 0.4) is 0 Å². The predicted molar refractivity (Wildman–Crippen MR) is 82.8 cm³/mol. The minimum absolute atomic E-state index is 0.0775. The molecular weight excluding hydrogens is 288 g/mol. The number of hydrogen-bond donors (Lipinski definition) is 2. The summed E-state index contributed by atoms with van der Waals surface area (Å²) < 4.78 is 32.7. The first-order chi connectivity index (χ1) is 9.94. The van der Waals surface area contributed by atoms with E-state index in [0.29, 0.717) is 18.0 Å². The van der Waals surface area contributed by atoms with Crippen LogP contribution in [0.25, 0.3) is 0 Å². The van der Waals surface area contributed by atoms with Gasteiger partial charge in [0.15, 0.2) is 0 Å². The zero-order chi connectivity index (χ0) is 15.5. The van der Waals surface area contributed by atoms with Crippen LogP contribution in [0.1, 0.15) is 31.1 Å². The highest BCUT2D eigenvalue weighted by Crippen LogP contribution is 2.26. The Bertz CT molecular complexity index is 705. The van der Waals surface area contributed by atoms with Crippen LogP contribution in [0.15, 0.2) is 45.9 Å². The van der Waals surface area contributed by atoms with Gasteiger partial charge in [-0.1, -0.05) is 32.0 Å². The highest BCUT2D eigenvalue weighted by atomic mass is 32.2. The van der Waals surface area contributed by atoms with Gasteiger partial charge in [-0.3, -0.25) is 4.72 Å². The lowest BCUT2D eigenvalue weighted by molar-refractivity contribution is 0.408. The van der Waals surface area contributed by atoms with E-state index in [1.807, 2.05) is 26.0 Å². The molecule has 0 aliphatic rings. The first-order valence-corrected chi connectivity index (χ1v) is 8.27. The van der Waals surface area contributed by atoms with Crippen molar-refractivity contribution in [2.45, 2.75) is 31.4 Å². The number of furan rings is 1. The molecule has 6 heteroatoms. The monoisotopic (exact) mass is 308 g/mol. The van der Waals surface area contributed by atoms with E-state index in [1.165, 1.54) is 6.07 Å². The summed E-state index contributed by atoms with van der Waals surface area (Å²) >= 11 is 0. The van der Waals surface area contributed by atoms with Crippen LogP contribution in [-0.2, 0) is 16.6 Å². The third-order valence-electron chi connectivity index (χ3n) is 3.08. The fourth-order valence-corrected chi connectivity index (χ4v) is 3.10. The number of para-hydroxylation sites is 1. The minimum atomic E-state index is -3.71. The average Bonchev–Trinajstić information content (AvgIpc) is 2.88. The molecule has 1 heterocycles. The number of anilines is 1. The topological polar surface area (TPSA) is 71.3 Å². The second kappa shape index (κ2) is 6.32. The Hall–Kier alpha value is -1.79. The predicted octanol–water partition coefficient (Wildman–Crippen LogP) is 2.92. The molecule has 2 rings (SSSR count). The summed E-state index contributed by atoms with van der Waals surface area (Å²) in [7, 11) is -1.94. The Labute approximate surface area is 125 Å². The highest BCUT2D eigenvalue weighted by molar-refractivity contribution is 7.92.